The molecular weight excluding hydrogens is 227 g/mol. The molecule has 0 amide bonds. The summed E-state index contributed by atoms with van der Waals surface area (Å²) in [6.07, 6.45) is 2.09. The molecule has 2 nitrogen and oxygen atoms in total. The molecule has 1 aromatic carbocycles. The van der Waals surface area contributed by atoms with Crippen LogP contribution in [-0.4, -0.2) is 30.1 Å². The minimum atomic E-state index is -0.144. The fourth-order valence-electron chi connectivity index (χ4n) is 3.08. The molecule has 0 bridgehead atoms. The minimum Gasteiger partial charge on any atom is -0.330 e. The average Bonchev–Trinajstić information content (AvgIpc) is 2.70. The van der Waals surface area contributed by atoms with E-state index in [0.29, 0.717) is 18.0 Å². The molecule has 1 saturated heterocycles. The Hall–Kier alpha value is -0.930. The second kappa shape index (κ2) is 5.81. The number of nitrogens with zero attached hydrogens (tertiary/aromatic N) is 1. The van der Waals surface area contributed by atoms with Crippen molar-refractivity contribution in [3.63, 3.8) is 0 Å². The predicted octanol–water partition coefficient (Wildman–Crippen LogP) is 2.43. The van der Waals surface area contributed by atoms with Crippen molar-refractivity contribution >= 4 is 0 Å². The van der Waals surface area contributed by atoms with Crippen molar-refractivity contribution in [1.29, 1.82) is 0 Å². The lowest BCUT2D eigenvalue weighted by Gasteiger charge is -2.28. The van der Waals surface area contributed by atoms with E-state index in [1.165, 1.54) is 12.5 Å². The topological polar surface area (TPSA) is 29.3 Å². The molecule has 0 radical (unpaired) electrons. The first-order valence-corrected chi connectivity index (χ1v) is 6.80. The van der Waals surface area contributed by atoms with E-state index in [-0.39, 0.29) is 5.82 Å². The number of hydrogen-bond acceptors (Lipinski definition) is 2. The Morgan fingerprint density at radius 2 is 2.28 bits per heavy atom. The van der Waals surface area contributed by atoms with Gasteiger partial charge in [0.15, 0.2) is 0 Å². The van der Waals surface area contributed by atoms with Gasteiger partial charge in [0.2, 0.25) is 0 Å². The van der Waals surface area contributed by atoms with Crippen molar-refractivity contribution < 1.29 is 4.39 Å². The normalized spacial score (nSPS) is 26.4. The Balaban J connectivity index is 1.97. The first-order chi connectivity index (χ1) is 8.60. The largest absolute Gasteiger partial charge is 0.330 e. The fourth-order valence-corrected chi connectivity index (χ4v) is 3.08. The van der Waals surface area contributed by atoms with E-state index >= 15 is 0 Å². The third kappa shape index (κ3) is 3.09. The van der Waals surface area contributed by atoms with E-state index in [1.807, 2.05) is 6.07 Å². The Morgan fingerprint density at radius 1 is 1.50 bits per heavy atom. The van der Waals surface area contributed by atoms with E-state index < -0.39 is 0 Å². The monoisotopic (exact) mass is 250 g/mol. The van der Waals surface area contributed by atoms with E-state index in [1.54, 1.807) is 12.1 Å². The van der Waals surface area contributed by atoms with Crippen LogP contribution in [0.15, 0.2) is 24.3 Å². The van der Waals surface area contributed by atoms with Crippen LogP contribution in [0.3, 0.4) is 0 Å². The van der Waals surface area contributed by atoms with Gasteiger partial charge in [0.1, 0.15) is 5.82 Å². The lowest BCUT2D eigenvalue weighted by Crippen LogP contribution is -2.37. The Morgan fingerprint density at radius 3 is 2.89 bits per heavy atom. The lowest BCUT2D eigenvalue weighted by molar-refractivity contribution is 0.198. The van der Waals surface area contributed by atoms with Crippen LogP contribution in [0, 0.1) is 11.7 Å². The maximum atomic E-state index is 13.2. The fraction of sp³-hybridized carbons (Fsp3) is 0.600. The average molecular weight is 250 g/mol. The van der Waals surface area contributed by atoms with Gasteiger partial charge in [-0.1, -0.05) is 12.1 Å². The summed E-state index contributed by atoms with van der Waals surface area (Å²) in [5.74, 6) is 0.476. The van der Waals surface area contributed by atoms with Crippen LogP contribution >= 0.6 is 0 Å². The lowest BCUT2D eigenvalue weighted by atomic mass is 10.1. The predicted molar refractivity (Wildman–Crippen MR) is 72.9 cm³/mol. The summed E-state index contributed by atoms with van der Waals surface area (Å²) in [5.41, 5.74) is 6.83. The zero-order chi connectivity index (χ0) is 13.1. The first kappa shape index (κ1) is 13.5. The standard InChI is InChI=1S/C15H23FN2/c1-11(6-13-4-3-5-15(16)8-13)18-10-14(9-17)7-12(18)2/h3-5,8,11-12,14H,6-7,9-10,17H2,1-2H3. The summed E-state index contributed by atoms with van der Waals surface area (Å²) in [6.45, 7) is 6.33. The van der Waals surface area contributed by atoms with Crippen LogP contribution in [0.1, 0.15) is 25.8 Å². The van der Waals surface area contributed by atoms with Crippen LogP contribution in [0.4, 0.5) is 4.39 Å². The molecule has 1 aliphatic rings. The molecule has 1 aromatic rings. The number of rotatable bonds is 4. The highest BCUT2D eigenvalue weighted by molar-refractivity contribution is 5.17. The molecule has 2 N–H and O–H groups in total. The SMILES string of the molecule is CC(Cc1cccc(F)c1)N1CC(CN)CC1C. The van der Waals surface area contributed by atoms with Crippen LogP contribution in [0.2, 0.25) is 0 Å². The Kier molecular flexibility index (Phi) is 4.36. The molecule has 0 aliphatic carbocycles. The molecular formula is C15H23FN2. The van der Waals surface area contributed by atoms with Crippen molar-refractivity contribution in [2.75, 3.05) is 13.1 Å². The van der Waals surface area contributed by atoms with Crippen LogP contribution < -0.4 is 5.73 Å². The summed E-state index contributed by atoms with van der Waals surface area (Å²) in [5, 5.41) is 0. The molecule has 100 valence electrons. The van der Waals surface area contributed by atoms with Gasteiger partial charge in [-0.2, -0.15) is 0 Å². The summed E-state index contributed by atoms with van der Waals surface area (Å²) < 4.78 is 13.2. The highest BCUT2D eigenvalue weighted by Crippen LogP contribution is 2.25. The van der Waals surface area contributed by atoms with Crippen LogP contribution in [0.25, 0.3) is 0 Å². The number of nitrogens with two attached hydrogens (primary N) is 1. The van der Waals surface area contributed by atoms with E-state index in [4.69, 9.17) is 5.73 Å². The highest BCUT2D eigenvalue weighted by atomic mass is 19.1. The Labute approximate surface area is 109 Å². The van der Waals surface area contributed by atoms with Gasteiger partial charge < -0.3 is 5.73 Å². The number of likely N-dealkylation sites (tertiary alicyclic amines) is 1. The van der Waals surface area contributed by atoms with Gasteiger partial charge in [0.25, 0.3) is 0 Å². The molecule has 18 heavy (non-hydrogen) atoms. The van der Waals surface area contributed by atoms with Gasteiger partial charge in [-0.25, -0.2) is 4.39 Å². The van der Waals surface area contributed by atoms with Gasteiger partial charge >= 0.3 is 0 Å². The first-order valence-electron chi connectivity index (χ1n) is 6.80. The van der Waals surface area contributed by atoms with Crippen molar-refractivity contribution in [2.45, 2.75) is 38.8 Å². The number of halogens is 1. The molecule has 0 saturated carbocycles. The molecule has 1 fully saturated rings. The van der Waals surface area contributed by atoms with Crippen molar-refractivity contribution in [1.82, 2.24) is 4.90 Å². The van der Waals surface area contributed by atoms with Crippen molar-refractivity contribution in [3.05, 3.63) is 35.6 Å². The summed E-state index contributed by atoms with van der Waals surface area (Å²) in [6, 6.07) is 7.95. The molecule has 3 unspecified atom stereocenters. The van der Waals surface area contributed by atoms with Crippen molar-refractivity contribution in [2.24, 2.45) is 11.7 Å². The van der Waals surface area contributed by atoms with Gasteiger partial charge in [-0.15, -0.1) is 0 Å². The van der Waals surface area contributed by atoms with Crippen molar-refractivity contribution in [3.8, 4) is 0 Å². The number of benzene rings is 1. The third-order valence-electron chi connectivity index (χ3n) is 4.03. The van der Waals surface area contributed by atoms with Gasteiger partial charge in [-0.3, -0.25) is 4.90 Å². The minimum absolute atomic E-state index is 0.144. The summed E-state index contributed by atoms with van der Waals surface area (Å²) in [4.78, 5) is 2.50. The van der Waals surface area contributed by atoms with Gasteiger partial charge in [-0.05, 0) is 56.8 Å². The summed E-state index contributed by atoms with van der Waals surface area (Å²) in [7, 11) is 0. The van der Waals surface area contributed by atoms with E-state index in [2.05, 4.69) is 18.7 Å². The number of hydrogen-bond donors (Lipinski definition) is 1. The Bertz CT molecular complexity index is 394. The molecule has 2 rings (SSSR count). The third-order valence-corrected chi connectivity index (χ3v) is 4.03. The zero-order valence-corrected chi connectivity index (χ0v) is 11.3. The maximum absolute atomic E-state index is 13.2. The van der Waals surface area contributed by atoms with Gasteiger partial charge in [0, 0.05) is 18.6 Å². The second-order valence-electron chi connectivity index (χ2n) is 5.57. The molecule has 0 spiro atoms. The van der Waals surface area contributed by atoms with E-state index in [0.717, 1.165) is 25.1 Å². The maximum Gasteiger partial charge on any atom is 0.123 e. The molecule has 0 aromatic heterocycles. The smallest absolute Gasteiger partial charge is 0.123 e. The quantitative estimate of drug-likeness (QED) is 0.889. The zero-order valence-electron chi connectivity index (χ0n) is 11.3. The summed E-state index contributed by atoms with van der Waals surface area (Å²) >= 11 is 0. The van der Waals surface area contributed by atoms with Crippen LogP contribution in [0.5, 0.6) is 0 Å². The molecule has 1 aliphatic heterocycles. The van der Waals surface area contributed by atoms with Gasteiger partial charge in [0.05, 0.1) is 0 Å². The molecule has 3 heteroatoms. The molecule has 3 atom stereocenters. The van der Waals surface area contributed by atoms with Crippen LogP contribution in [-0.2, 0) is 6.42 Å². The second-order valence-corrected chi connectivity index (χ2v) is 5.57. The highest BCUT2D eigenvalue weighted by Gasteiger charge is 2.31. The molecule has 1 heterocycles. The van der Waals surface area contributed by atoms with E-state index in [9.17, 15) is 4.39 Å².